The molecule has 2 aliphatic rings. The summed E-state index contributed by atoms with van der Waals surface area (Å²) in [6.45, 7) is 1.98. The number of hydrogen-bond donors (Lipinski definition) is 2. The molecule has 0 aromatic carbocycles. The second-order valence-electron chi connectivity index (χ2n) is 6.87. The Bertz CT molecular complexity index is 966. The first-order valence-electron chi connectivity index (χ1n) is 8.56. The molecule has 2 fully saturated rings. The fourth-order valence-electron chi connectivity index (χ4n) is 3.38. The van der Waals surface area contributed by atoms with Crippen LogP contribution in [-0.4, -0.2) is 27.8 Å². The largest absolute Gasteiger partial charge is 0.383 e. The molecule has 26 heavy (non-hydrogen) atoms. The molecule has 1 saturated heterocycles. The molecule has 8 nitrogen and oxygen atoms in total. The van der Waals surface area contributed by atoms with Gasteiger partial charge in [-0.05, 0) is 37.3 Å². The van der Waals surface area contributed by atoms with Crippen molar-refractivity contribution in [3.05, 3.63) is 18.3 Å². The van der Waals surface area contributed by atoms with Gasteiger partial charge in [-0.25, -0.2) is 9.97 Å². The Labute approximate surface area is 150 Å². The van der Waals surface area contributed by atoms with E-state index in [1.165, 1.54) is 0 Å². The molecule has 4 rings (SSSR count). The lowest BCUT2D eigenvalue weighted by Crippen LogP contribution is -2.31. The second-order valence-corrected chi connectivity index (χ2v) is 6.87. The maximum Gasteiger partial charge on any atom is 0.230 e. The maximum absolute atomic E-state index is 12.1. The molecule has 132 valence electrons. The van der Waals surface area contributed by atoms with Crippen LogP contribution in [0.15, 0.2) is 18.3 Å². The van der Waals surface area contributed by atoms with Crippen molar-refractivity contribution in [2.45, 2.75) is 32.2 Å². The summed E-state index contributed by atoms with van der Waals surface area (Å²) in [5.74, 6) is 0.560. The van der Waals surface area contributed by atoms with Crippen LogP contribution in [0.1, 0.15) is 26.2 Å². The van der Waals surface area contributed by atoms with E-state index in [1.54, 1.807) is 23.2 Å². The zero-order valence-corrected chi connectivity index (χ0v) is 14.3. The predicted octanol–water partition coefficient (Wildman–Crippen LogP) is 1.83. The number of nitrogens with zero attached hydrogens (tertiary/aromatic N) is 4. The number of amides is 2. The third-order valence-electron chi connectivity index (χ3n) is 5.01. The molecule has 0 unspecified atom stereocenters. The standard InChI is InChI=1S/C18H18N6O2/c1-9-2-3-16(25)24(9)15-6-10-5-14(21-8-13(10)17(20)23-15)22-18(26)12-4-11(12)7-19/h5-6,8-9,11-12H,2-4H2,1H3,(H2,20,23)(H,21,22,26)/t9-,11-,12+/m0/s1. The Morgan fingerprint density at radius 3 is 2.92 bits per heavy atom. The van der Waals surface area contributed by atoms with Crippen molar-refractivity contribution in [2.24, 2.45) is 11.8 Å². The van der Waals surface area contributed by atoms with Crippen LogP contribution in [0.25, 0.3) is 10.8 Å². The van der Waals surface area contributed by atoms with E-state index in [1.807, 2.05) is 6.92 Å². The Hall–Kier alpha value is -3.21. The third-order valence-corrected chi connectivity index (χ3v) is 5.01. The molecular formula is C18H18N6O2. The summed E-state index contributed by atoms with van der Waals surface area (Å²) in [7, 11) is 0. The normalized spacial score (nSPS) is 24.5. The number of nitrogen functional groups attached to an aromatic ring is 1. The quantitative estimate of drug-likeness (QED) is 0.870. The van der Waals surface area contributed by atoms with Gasteiger partial charge >= 0.3 is 0 Å². The van der Waals surface area contributed by atoms with E-state index in [2.05, 4.69) is 21.4 Å². The van der Waals surface area contributed by atoms with Crippen molar-refractivity contribution in [3.8, 4) is 6.07 Å². The number of nitrogens with one attached hydrogen (secondary N) is 1. The lowest BCUT2D eigenvalue weighted by Gasteiger charge is -2.21. The predicted molar refractivity (Wildman–Crippen MR) is 96.0 cm³/mol. The van der Waals surface area contributed by atoms with E-state index in [4.69, 9.17) is 11.0 Å². The molecule has 3 N–H and O–H groups in total. The highest BCUT2D eigenvalue weighted by atomic mass is 16.2. The average molecular weight is 350 g/mol. The highest BCUT2D eigenvalue weighted by molar-refractivity contribution is 6.01. The first kappa shape index (κ1) is 16.3. The molecule has 0 bridgehead atoms. The first-order chi connectivity index (χ1) is 12.5. The Balaban J connectivity index is 1.65. The molecule has 2 amide bonds. The van der Waals surface area contributed by atoms with Crippen molar-refractivity contribution >= 4 is 40.0 Å². The van der Waals surface area contributed by atoms with Crippen molar-refractivity contribution in [3.63, 3.8) is 0 Å². The number of hydrogen-bond acceptors (Lipinski definition) is 6. The van der Waals surface area contributed by atoms with Crippen molar-refractivity contribution in [2.75, 3.05) is 16.0 Å². The lowest BCUT2D eigenvalue weighted by atomic mass is 10.2. The molecule has 0 spiro atoms. The van der Waals surface area contributed by atoms with Gasteiger partial charge in [-0.1, -0.05) is 0 Å². The summed E-state index contributed by atoms with van der Waals surface area (Å²) in [6.07, 6.45) is 3.43. The van der Waals surface area contributed by atoms with Gasteiger partial charge < -0.3 is 11.1 Å². The van der Waals surface area contributed by atoms with Crippen molar-refractivity contribution in [1.29, 1.82) is 5.26 Å². The summed E-state index contributed by atoms with van der Waals surface area (Å²) in [5.41, 5.74) is 6.05. The van der Waals surface area contributed by atoms with Gasteiger partial charge in [0.25, 0.3) is 0 Å². The minimum atomic E-state index is -0.265. The number of nitriles is 1. The minimum absolute atomic E-state index is 0.0302. The van der Waals surface area contributed by atoms with Gasteiger partial charge in [0, 0.05) is 24.0 Å². The van der Waals surface area contributed by atoms with E-state index >= 15 is 0 Å². The maximum atomic E-state index is 12.1. The molecular weight excluding hydrogens is 332 g/mol. The number of carbonyl (C=O) groups excluding carboxylic acids is 2. The molecule has 2 aromatic heterocycles. The van der Waals surface area contributed by atoms with Gasteiger partial charge in [0.1, 0.15) is 17.5 Å². The number of pyridine rings is 2. The van der Waals surface area contributed by atoms with Crippen LogP contribution in [0.4, 0.5) is 17.5 Å². The summed E-state index contributed by atoms with van der Waals surface area (Å²) in [6, 6.07) is 5.67. The molecule has 1 aliphatic carbocycles. The molecule has 1 saturated carbocycles. The SMILES string of the molecule is C[C@H]1CCC(=O)N1c1cc2cc(NC(=O)[C@@H]3C[C@H]3C#N)ncc2c(N)n1. The van der Waals surface area contributed by atoms with Crippen LogP contribution in [-0.2, 0) is 9.59 Å². The van der Waals surface area contributed by atoms with Crippen LogP contribution in [0.5, 0.6) is 0 Å². The highest BCUT2D eigenvalue weighted by Gasteiger charge is 2.43. The number of nitrogens with two attached hydrogens (primary N) is 1. The Morgan fingerprint density at radius 2 is 2.27 bits per heavy atom. The van der Waals surface area contributed by atoms with Crippen LogP contribution in [0.2, 0.25) is 0 Å². The fourth-order valence-corrected chi connectivity index (χ4v) is 3.38. The molecule has 3 heterocycles. The number of fused-ring (bicyclic) bond motifs is 1. The topological polar surface area (TPSA) is 125 Å². The Kier molecular flexibility index (Phi) is 3.72. The van der Waals surface area contributed by atoms with Gasteiger partial charge in [-0.3, -0.25) is 14.5 Å². The molecule has 8 heteroatoms. The smallest absolute Gasteiger partial charge is 0.230 e. The zero-order valence-electron chi connectivity index (χ0n) is 14.3. The summed E-state index contributed by atoms with van der Waals surface area (Å²) < 4.78 is 0. The van der Waals surface area contributed by atoms with Gasteiger partial charge in [0.05, 0.1) is 17.9 Å². The number of carbonyl (C=O) groups is 2. The van der Waals surface area contributed by atoms with Gasteiger partial charge in [0.2, 0.25) is 11.8 Å². The third kappa shape index (κ3) is 2.71. The lowest BCUT2D eigenvalue weighted by molar-refractivity contribution is -0.118. The van der Waals surface area contributed by atoms with Crippen molar-refractivity contribution in [1.82, 2.24) is 9.97 Å². The van der Waals surface area contributed by atoms with E-state index in [9.17, 15) is 9.59 Å². The second kappa shape index (κ2) is 5.95. The zero-order chi connectivity index (χ0) is 18.4. The first-order valence-corrected chi connectivity index (χ1v) is 8.56. The van der Waals surface area contributed by atoms with Crippen molar-refractivity contribution < 1.29 is 9.59 Å². The molecule has 0 radical (unpaired) electrons. The number of anilines is 3. The van der Waals surface area contributed by atoms with Crippen LogP contribution in [0.3, 0.4) is 0 Å². The Morgan fingerprint density at radius 1 is 1.46 bits per heavy atom. The van der Waals surface area contributed by atoms with Gasteiger partial charge in [-0.2, -0.15) is 5.26 Å². The summed E-state index contributed by atoms with van der Waals surface area (Å²) in [4.78, 5) is 34.5. The van der Waals surface area contributed by atoms with Gasteiger partial charge in [-0.15, -0.1) is 0 Å². The summed E-state index contributed by atoms with van der Waals surface area (Å²) >= 11 is 0. The summed E-state index contributed by atoms with van der Waals surface area (Å²) in [5, 5.41) is 13.0. The van der Waals surface area contributed by atoms with E-state index in [0.717, 1.165) is 11.8 Å². The minimum Gasteiger partial charge on any atom is -0.383 e. The van der Waals surface area contributed by atoms with E-state index < -0.39 is 0 Å². The molecule has 3 atom stereocenters. The monoisotopic (exact) mass is 350 g/mol. The van der Waals surface area contributed by atoms with Crippen LogP contribution >= 0.6 is 0 Å². The average Bonchev–Trinajstić information content (AvgIpc) is 3.33. The molecule has 1 aliphatic heterocycles. The van der Waals surface area contributed by atoms with Gasteiger partial charge in [0.15, 0.2) is 0 Å². The number of rotatable bonds is 3. The fraction of sp³-hybridized carbons (Fsp3) is 0.389. The van der Waals surface area contributed by atoms with Crippen LogP contribution < -0.4 is 16.0 Å². The molecule has 2 aromatic rings. The number of aromatic nitrogens is 2. The van der Waals surface area contributed by atoms with E-state index in [-0.39, 0.29) is 29.7 Å². The van der Waals surface area contributed by atoms with E-state index in [0.29, 0.717) is 35.7 Å². The van der Waals surface area contributed by atoms with Crippen LogP contribution in [0, 0.1) is 23.2 Å². The highest BCUT2D eigenvalue weighted by Crippen LogP contribution is 2.38.